The Morgan fingerprint density at radius 1 is 1.00 bits per heavy atom. The first-order valence-electron chi connectivity index (χ1n) is 9.68. The number of carbonyl (C=O) groups is 1. The topological polar surface area (TPSA) is 76.4 Å². The van der Waals surface area contributed by atoms with Gasteiger partial charge in [0.1, 0.15) is 11.3 Å². The van der Waals surface area contributed by atoms with Crippen LogP contribution in [0.4, 0.5) is 5.69 Å². The number of oxazole rings is 1. The van der Waals surface area contributed by atoms with E-state index >= 15 is 0 Å². The molecule has 0 unspecified atom stereocenters. The number of thiocarbonyl (C=S) groups is 1. The lowest BCUT2D eigenvalue weighted by Crippen LogP contribution is -2.37. The van der Waals surface area contributed by atoms with Crippen LogP contribution in [0, 0.1) is 0 Å². The summed E-state index contributed by atoms with van der Waals surface area (Å²) in [6, 6.07) is 17.6. The number of nitrogens with zero attached hydrogens (tertiary/aromatic N) is 1. The number of carbonyl (C=O) groups excluding carboxylic acids is 1. The molecule has 33 heavy (non-hydrogen) atoms. The quantitative estimate of drug-likeness (QED) is 0.292. The highest BCUT2D eigenvalue weighted by atomic mass is 35.5. The van der Waals surface area contributed by atoms with Crippen LogP contribution in [0.1, 0.15) is 11.5 Å². The summed E-state index contributed by atoms with van der Waals surface area (Å²) < 4.78 is 11.1. The summed E-state index contributed by atoms with van der Waals surface area (Å²) in [4.78, 5) is 16.5. The Morgan fingerprint density at radius 3 is 2.48 bits per heavy atom. The van der Waals surface area contributed by atoms with Gasteiger partial charge >= 0.3 is 0 Å². The first-order chi connectivity index (χ1) is 15.9. The molecule has 0 spiro atoms. The van der Waals surface area contributed by atoms with E-state index in [0.717, 1.165) is 16.8 Å². The van der Waals surface area contributed by atoms with Gasteiger partial charge in [0.15, 0.2) is 23.2 Å². The summed E-state index contributed by atoms with van der Waals surface area (Å²) in [6.07, 6.45) is 0.526. The van der Waals surface area contributed by atoms with E-state index < -0.39 is 5.91 Å². The van der Waals surface area contributed by atoms with Crippen molar-refractivity contribution in [1.82, 2.24) is 10.3 Å². The monoisotopic (exact) mass is 519 g/mol. The molecule has 6 nitrogen and oxygen atoms in total. The van der Waals surface area contributed by atoms with E-state index in [0.29, 0.717) is 38.7 Å². The van der Waals surface area contributed by atoms with Gasteiger partial charge in [0.2, 0.25) is 0 Å². The number of hydrogen-bond donors (Lipinski definition) is 2. The average Bonchev–Trinajstić information content (AvgIpc) is 3.15. The Kier molecular flexibility index (Phi) is 7.35. The van der Waals surface area contributed by atoms with Gasteiger partial charge in [-0.3, -0.25) is 10.1 Å². The van der Waals surface area contributed by atoms with Crippen LogP contribution in [0.5, 0.6) is 5.75 Å². The van der Waals surface area contributed by atoms with Crippen molar-refractivity contribution in [1.29, 1.82) is 0 Å². The molecule has 0 aliphatic rings. The molecule has 0 saturated heterocycles. The minimum atomic E-state index is -0.425. The highest BCUT2D eigenvalue weighted by molar-refractivity contribution is 7.80. The average molecular weight is 521 g/mol. The number of anilines is 1. The fourth-order valence-corrected chi connectivity index (χ4v) is 3.83. The normalized spacial score (nSPS) is 10.8. The summed E-state index contributed by atoms with van der Waals surface area (Å²) in [5.74, 6) is 0.524. The van der Waals surface area contributed by atoms with Crippen molar-refractivity contribution in [3.63, 3.8) is 0 Å². The summed E-state index contributed by atoms with van der Waals surface area (Å²) in [6.45, 7) is -0.252. The molecule has 0 radical (unpaired) electrons. The van der Waals surface area contributed by atoms with Gasteiger partial charge in [-0.05, 0) is 66.3 Å². The van der Waals surface area contributed by atoms with Crippen LogP contribution in [0.15, 0.2) is 65.1 Å². The Bertz CT molecular complexity index is 1330. The molecule has 4 aromatic rings. The Hall–Kier alpha value is -2.84. The summed E-state index contributed by atoms with van der Waals surface area (Å²) in [5, 5.41) is 7.07. The molecule has 0 atom stereocenters. The van der Waals surface area contributed by atoms with Crippen LogP contribution in [-0.2, 0) is 11.2 Å². The fraction of sp³-hybridized carbons (Fsp3) is 0.0870. The molecule has 0 aliphatic carbocycles. The van der Waals surface area contributed by atoms with Gasteiger partial charge in [-0.1, -0.05) is 46.9 Å². The first kappa shape index (κ1) is 23.3. The van der Waals surface area contributed by atoms with Crippen molar-refractivity contribution in [3.05, 3.63) is 87.2 Å². The van der Waals surface area contributed by atoms with Gasteiger partial charge in [-0.2, -0.15) is 0 Å². The van der Waals surface area contributed by atoms with Gasteiger partial charge in [0.05, 0.1) is 5.02 Å². The maximum atomic E-state index is 12.1. The second-order valence-electron chi connectivity index (χ2n) is 6.96. The molecule has 0 bridgehead atoms. The largest absolute Gasteiger partial charge is 0.482 e. The summed E-state index contributed by atoms with van der Waals surface area (Å²) in [5.41, 5.74) is 3.13. The number of amides is 1. The van der Waals surface area contributed by atoms with Crippen molar-refractivity contribution in [3.8, 4) is 5.75 Å². The van der Waals surface area contributed by atoms with Gasteiger partial charge in [0.25, 0.3) is 5.91 Å². The molecule has 168 valence electrons. The number of ether oxygens (including phenoxy) is 1. The molecule has 3 aromatic carbocycles. The number of hydrogen-bond acceptors (Lipinski definition) is 5. The van der Waals surface area contributed by atoms with Crippen molar-refractivity contribution >= 4 is 74.8 Å². The molecule has 1 aromatic heterocycles. The maximum Gasteiger partial charge on any atom is 0.264 e. The number of fused-ring (bicyclic) bond motifs is 1. The van der Waals surface area contributed by atoms with E-state index in [4.69, 9.17) is 56.2 Å². The third kappa shape index (κ3) is 6.36. The van der Waals surface area contributed by atoms with Gasteiger partial charge in [-0.25, -0.2) is 4.98 Å². The molecule has 1 amide bonds. The zero-order valence-electron chi connectivity index (χ0n) is 16.9. The smallest absolute Gasteiger partial charge is 0.264 e. The number of aromatic nitrogens is 1. The molecule has 0 aliphatic heterocycles. The highest BCUT2D eigenvalue weighted by Crippen LogP contribution is 2.27. The van der Waals surface area contributed by atoms with Gasteiger partial charge in [0, 0.05) is 22.2 Å². The van der Waals surface area contributed by atoms with Crippen molar-refractivity contribution in [2.45, 2.75) is 6.42 Å². The van der Waals surface area contributed by atoms with E-state index in [2.05, 4.69) is 15.6 Å². The zero-order valence-corrected chi connectivity index (χ0v) is 20.0. The van der Waals surface area contributed by atoms with E-state index in [1.165, 1.54) is 6.07 Å². The van der Waals surface area contributed by atoms with E-state index in [1.54, 1.807) is 30.3 Å². The van der Waals surface area contributed by atoms with Crippen molar-refractivity contribution in [2.75, 3.05) is 11.9 Å². The number of benzene rings is 3. The zero-order chi connectivity index (χ0) is 23.4. The van der Waals surface area contributed by atoms with E-state index in [-0.39, 0.29) is 11.7 Å². The van der Waals surface area contributed by atoms with Crippen LogP contribution >= 0.6 is 47.0 Å². The number of halogens is 3. The second kappa shape index (κ2) is 10.4. The highest BCUT2D eigenvalue weighted by Gasteiger charge is 2.10. The third-order valence-electron chi connectivity index (χ3n) is 4.47. The Balaban J connectivity index is 1.27. The maximum absolute atomic E-state index is 12.1. The van der Waals surface area contributed by atoms with E-state index in [9.17, 15) is 4.79 Å². The third-order valence-corrected chi connectivity index (χ3v) is 5.44. The van der Waals surface area contributed by atoms with Crippen LogP contribution in [-0.4, -0.2) is 22.6 Å². The molecular formula is C23H16Cl3N3O3S. The van der Waals surface area contributed by atoms with Gasteiger partial charge < -0.3 is 14.5 Å². The standard InChI is InChI=1S/C23H16Cl3N3O3S/c24-14-3-7-19(17(26)10-14)31-12-21(30)29-23(33)27-16-5-1-13(2-6-16)9-22-28-18-11-15(25)4-8-20(18)32-22/h1-8,10-11H,9,12H2,(H2,27,29,30,33). The predicted molar refractivity (Wildman–Crippen MR) is 135 cm³/mol. The summed E-state index contributed by atoms with van der Waals surface area (Å²) >= 11 is 23.0. The SMILES string of the molecule is O=C(COc1ccc(Cl)cc1Cl)NC(=S)Nc1ccc(Cc2nc3cc(Cl)ccc3o2)cc1. The minimum absolute atomic E-state index is 0.148. The van der Waals surface area contributed by atoms with Gasteiger partial charge in [-0.15, -0.1) is 0 Å². The van der Waals surface area contributed by atoms with E-state index in [1.807, 2.05) is 24.3 Å². The molecule has 0 saturated carbocycles. The van der Waals surface area contributed by atoms with Crippen molar-refractivity contribution in [2.24, 2.45) is 0 Å². The van der Waals surface area contributed by atoms with Crippen LogP contribution < -0.4 is 15.4 Å². The van der Waals surface area contributed by atoms with Crippen LogP contribution in [0.25, 0.3) is 11.1 Å². The lowest BCUT2D eigenvalue weighted by molar-refractivity contribution is -0.121. The number of nitrogens with one attached hydrogen (secondary N) is 2. The molecule has 1 heterocycles. The second-order valence-corrected chi connectivity index (χ2v) is 8.65. The number of rotatable bonds is 6. The molecule has 2 N–H and O–H groups in total. The van der Waals surface area contributed by atoms with Crippen LogP contribution in [0.2, 0.25) is 15.1 Å². The fourth-order valence-electron chi connectivity index (χ4n) is 2.97. The first-order valence-corrected chi connectivity index (χ1v) is 11.2. The van der Waals surface area contributed by atoms with Crippen molar-refractivity contribution < 1.29 is 13.9 Å². The van der Waals surface area contributed by atoms with Crippen LogP contribution in [0.3, 0.4) is 0 Å². The molecule has 4 rings (SSSR count). The lowest BCUT2D eigenvalue weighted by Gasteiger charge is -2.11. The molecular weight excluding hydrogens is 505 g/mol. The minimum Gasteiger partial charge on any atom is -0.482 e. The summed E-state index contributed by atoms with van der Waals surface area (Å²) in [7, 11) is 0. The Labute approximate surface area is 209 Å². The lowest BCUT2D eigenvalue weighted by atomic mass is 10.1. The molecule has 10 heteroatoms. The predicted octanol–water partition coefficient (Wildman–Crippen LogP) is 6.27. The molecule has 0 fully saturated rings. The Morgan fingerprint density at radius 2 is 1.73 bits per heavy atom.